The molecule has 1 heteroatoms. The minimum absolute atomic E-state index is 0.466. The highest BCUT2D eigenvalue weighted by atomic mass is 14.6. The maximum Gasteiger partial charge on any atom is 0.00645 e. The highest BCUT2D eigenvalue weighted by Gasteiger charge is 2.18. The summed E-state index contributed by atoms with van der Waals surface area (Å²) in [6.07, 6.45) is 8.77. The lowest BCUT2D eigenvalue weighted by atomic mass is 9.83. The zero-order valence-corrected chi connectivity index (χ0v) is 6.84. The predicted octanol–water partition coefficient (Wildman–Crippen LogP) is 2.12. The molecule has 1 radical (unpaired) electrons. The summed E-state index contributed by atoms with van der Waals surface area (Å²) in [6.45, 7) is 2.18. The Kier molecular flexibility index (Phi) is 3.20. The summed E-state index contributed by atoms with van der Waals surface area (Å²) in [5.74, 6) is 0.815. The molecule has 1 saturated carbocycles. The molecule has 59 valence electrons. The van der Waals surface area contributed by atoms with Gasteiger partial charge in [0.05, 0.1) is 0 Å². The minimum Gasteiger partial charge on any atom is -0.327 e. The van der Waals surface area contributed by atoms with Crippen molar-refractivity contribution >= 4 is 0 Å². The molecule has 0 unspecified atom stereocenters. The van der Waals surface area contributed by atoms with Gasteiger partial charge < -0.3 is 5.73 Å². The molecule has 0 amide bonds. The van der Waals surface area contributed by atoms with Crippen LogP contribution < -0.4 is 5.73 Å². The summed E-state index contributed by atoms with van der Waals surface area (Å²) in [5, 5.41) is 0. The molecule has 1 rings (SSSR count). The molecule has 1 aliphatic carbocycles. The molecule has 1 atom stereocenters. The quantitative estimate of drug-likeness (QED) is 0.624. The van der Waals surface area contributed by atoms with Crippen LogP contribution in [-0.4, -0.2) is 6.04 Å². The van der Waals surface area contributed by atoms with Crippen LogP contribution in [0.5, 0.6) is 0 Å². The van der Waals surface area contributed by atoms with Crippen LogP contribution in [0.15, 0.2) is 0 Å². The van der Waals surface area contributed by atoms with Gasteiger partial charge in [-0.05, 0) is 44.4 Å². The Labute approximate surface area is 64.0 Å². The Morgan fingerprint density at radius 2 is 2.10 bits per heavy atom. The average molecular weight is 140 g/mol. The lowest BCUT2D eigenvalue weighted by Gasteiger charge is -2.26. The minimum atomic E-state index is 0.466. The van der Waals surface area contributed by atoms with Crippen molar-refractivity contribution < 1.29 is 0 Å². The van der Waals surface area contributed by atoms with Gasteiger partial charge in [-0.2, -0.15) is 0 Å². The Hall–Kier alpha value is -0.0400. The first kappa shape index (κ1) is 8.06. The van der Waals surface area contributed by atoms with Crippen molar-refractivity contribution in [3.63, 3.8) is 0 Å². The van der Waals surface area contributed by atoms with Gasteiger partial charge in [0.1, 0.15) is 0 Å². The van der Waals surface area contributed by atoms with Gasteiger partial charge in [-0.1, -0.05) is 6.92 Å². The van der Waals surface area contributed by atoms with Crippen LogP contribution in [0.4, 0.5) is 0 Å². The lowest BCUT2D eigenvalue weighted by molar-refractivity contribution is 0.331. The van der Waals surface area contributed by atoms with Gasteiger partial charge in [0.15, 0.2) is 0 Å². The smallest absolute Gasteiger partial charge is 0.00645 e. The van der Waals surface area contributed by atoms with E-state index in [1.54, 1.807) is 0 Å². The van der Waals surface area contributed by atoms with Crippen molar-refractivity contribution in [1.82, 2.24) is 0 Å². The number of rotatable bonds is 2. The maximum atomic E-state index is 5.93. The monoisotopic (exact) mass is 140 g/mol. The zero-order valence-electron chi connectivity index (χ0n) is 6.84. The van der Waals surface area contributed by atoms with Crippen molar-refractivity contribution in [2.45, 2.75) is 45.1 Å². The molecule has 1 nitrogen and oxygen atoms in total. The standard InChI is InChI=1S/C9H18N/c1-2-9(10)8-6-4-3-5-7-8/h3,8-9H,2,4-7,10H2,1H3/t9-/m0/s1. The summed E-state index contributed by atoms with van der Waals surface area (Å²) >= 11 is 0. The first-order valence-electron chi connectivity index (χ1n) is 4.42. The van der Waals surface area contributed by atoms with Gasteiger partial charge in [-0.25, -0.2) is 0 Å². The fourth-order valence-corrected chi connectivity index (χ4v) is 1.71. The van der Waals surface area contributed by atoms with E-state index in [2.05, 4.69) is 13.3 Å². The van der Waals surface area contributed by atoms with Crippen molar-refractivity contribution in [2.75, 3.05) is 0 Å². The fraction of sp³-hybridized carbons (Fsp3) is 0.889. The normalized spacial score (nSPS) is 24.6. The van der Waals surface area contributed by atoms with E-state index in [0.717, 1.165) is 12.3 Å². The SMILES string of the molecule is CC[C@H](N)C1CC[CH]CC1. The van der Waals surface area contributed by atoms with Crippen LogP contribution in [0.1, 0.15) is 39.0 Å². The van der Waals surface area contributed by atoms with E-state index in [1.165, 1.54) is 25.7 Å². The van der Waals surface area contributed by atoms with E-state index in [4.69, 9.17) is 5.73 Å². The van der Waals surface area contributed by atoms with E-state index in [-0.39, 0.29) is 0 Å². The Bertz CT molecular complexity index is 84.7. The van der Waals surface area contributed by atoms with E-state index >= 15 is 0 Å². The molecule has 0 aliphatic heterocycles. The van der Waals surface area contributed by atoms with Crippen LogP contribution in [-0.2, 0) is 0 Å². The number of hydrogen-bond donors (Lipinski definition) is 1. The van der Waals surface area contributed by atoms with Crippen molar-refractivity contribution in [3.8, 4) is 0 Å². The zero-order chi connectivity index (χ0) is 7.40. The van der Waals surface area contributed by atoms with E-state index < -0.39 is 0 Å². The summed E-state index contributed by atoms with van der Waals surface area (Å²) in [4.78, 5) is 0. The van der Waals surface area contributed by atoms with Crippen LogP contribution >= 0.6 is 0 Å². The van der Waals surface area contributed by atoms with Crippen molar-refractivity contribution in [2.24, 2.45) is 11.7 Å². The largest absolute Gasteiger partial charge is 0.327 e. The second-order valence-corrected chi connectivity index (χ2v) is 3.28. The molecule has 0 heterocycles. The third kappa shape index (κ3) is 1.98. The van der Waals surface area contributed by atoms with E-state index in [9.17, 15) is 0 Å². The molecular weight excluding hydrogens is 122 g/mol. The summed E-state index contributed by atoms with van der Waals surface area (Å²) in [7, 11) is 0. The Morgan fingerprint density at radius 3 is 2.60 bits per heavy atom. The fourth-order valence-electron chi connectivity index (χ4n) is 1.71. The van der Waals surface area contributed by atoms with E-state index in [0.29, 0.717) is 6.04 Å². The van der Waals surface area contributed by atoms with Crippen LogP contribution in [0, 0.1) is 12.3 Å². The molecule has 0 aromatic carbocycles. The highest BCUT2D eigenvalue weighted by Crippen LogP contribution is 2.25. The van der Waals surface area contributed by atoms with E-state index in [1.807, 2.05) is 0 Å². The third-order valence-corrected chi connectivity index (χ3v) is 2.56. The molecule has 0 bridgehead atoms. The summed E-state index contributed by atoms with van der Waals surface area (Å²) in [6, 6.07) is 0.466. The van der Waals surface area contributed by atoms with Gasteiger partial charge in [-0.15, -0.1) is 0 Å². The number of hydrogen-bond acceptors (Lipinski definition) is 1. The molecule has 0 aromatic heterocycles. The van der Waals surface area contributed by atoms with Gasteiger partial charge in [-0.3, -0.25) is 0 Å². The molecule has 0 saturated heterocycles. The topological polar surface area (TPSA) is 26.0 Å². The van der Waals surface area contributed by atoms with Gasteiger partial charge in [0, 0.05) is 6.04 Å². The second kappa shape index (κ2) is 3.97. The molecule has 0 aromatic rings. The third-order valence-electron chi connectivity index (χ3n) is 2.56. The molecule has 1 aliphatic rings. The maximum absolute atomic E-state index is 5.93. The van der Waals surface area contributed by atoms with Gasteiger partial charge >= 0.3 is 0 Å². The predicted molar refractivity (Wildman–Crippen MR) is 44.5 cm³/mol. The second-order valence-electron chi connectivity index (χ2n) is 3.28. The molecule has 2 N–H and O–H groups in total. The number of nitrogens with two attached hydrogens (primary N) is 1. The first-order valence-corrected chi connectivity index (χ1v) is 4.42. The van der Waals surface area contributed by atoms with Crippen LogP contribution in [0.3, 0.4) is 0 Å². The summed E-state index contributed by atoms with van der Waals surface area (Å²) in [5.41, 5.74) is 5.93. The molecule has 1 fully saturated rings. The van der Waals surface area contributed by atoms with Crippen LogP contribution in [0.2, 0.25) is 0 Å². The lowest BCUT2D eigenvalue weighted by Crippen LogP contribution is -2.30. The van der Waals surface area contributed by atoms with Gasteiger partial charge in [0.2, 0.25) is 0 Å². The highest BCUT2D eigenvalue weighted by molar-refractivity contribution is 4.81. The molecule has 0 spiro atoms. The van der Waals surface area contributed by atoms with Gasteiger partial charge in [0.25, 0.3) is 0 Å². The van der Waals surface area contributed by atoms with Crippen molar-refractivity contribution in [1.29, 1.82) is 0 Å². The van der Waals surface area contributed by atoms with Crippen LogP contribution in [0.25, 0.3) is 0 Å². The Balaban J connectivity index is 2.24. The average Bonchev–Trinajstić information content (AvgIpc) is 2.05. The Morgan fingerprint density at radius 1 is 1.50 bits per heavy atom. The molecular formula is C9H18N. The summed E-state index contributed by atoms with van der Waals surface area (Å²) < 4.78 is 0. The molecule has 10 heavy (non-hydrogen) atoms. The first-order chi connectivity index (χ1) is 4.84. The van der Waals surface area contributed by atoms with Crippen molar-refractivity contribution in [3.05, 3.63) is 6.42 Å².